The Bertz CT molecular complexity index is 1160. The van der Waals surface area contributed by atoms with Crippen molar-refractivity contribution in [3.63, 3.8) is 0 Å². The lowest BCUT2D eigenvalue weighted by Gasteiger charge is -2.42. The van der Waals surface area contributed by atoms with Crippen LogP contribution in [-0.2, 0) is 4.74 Å². The molecule has 1 aliphatic heterocycles. The number of fused-ring (bicyclic) bond motifs is 1. The van der Waals surface area contributed by atoms with E-state index in [9.17, 15) is 13.9 Å². The van der Waals surface area contributed by atoms with Crippen LogP contribution in [0.25, 0.3) is 11.1 Å². The largest absolute Gasteiger partial charge is 0.465 e. The van der Waals surface area contributed by atoms with E-state index in [1.54, 1.807) is 25.2 Å². The van der Waals surface area contributed by atoms with Crippen LogP contribution in [0, 0.1) is 5.82 Å². The van der Waals surface area contributed by atoms with Crippen molar-refractivity contribution in [2.75, 3.05) is 25.6 Å². The molecule has 6 nitrogen and oxygen atoms in total. The summed E-state index contributed by atoms with van der Waals surface area (Å²) in [4.78, 5) is 14.1. The van der Waals surface area contributed by atoms with Gasteiger partial charge in [0.1, 0.15) is 5.82 Å². The Kier molecular flexibility index (Phi) is 5.96. The summed E-state index contributed by atoms with van der Waals surface area (Å²) in [5.74, 6) is -1.06. The second-order valence-corrected chi connectivity index (χ2v) is 9.79. The van der Waals surface area contributed by atoms with Crippen LogP contribution >= 0.6 is 10.8 Å². The van der Waals surface area contributed by atoms with Crippen LogP contribution in [0.1, 0.15) is 17.3 Å². The van der Waals surface area contributed by atoms with Crippen molar-refractivity contribution in [3.05, 3.63) is 78.1 Å². The van der Waals surface area contributed by atoms with Gasteiger partial charge in [0.2, 0.25) is 0 Å². The van der Waals surface area contributed by atoms with Crippen LogP contribution in [0.4, 0.5) is 15.8 Å². The molecule has 0 aromatic heterocycles. The van der Waals surface area contributed by atoms with Crippen molar-refractivity contribution in [3.8, 4) is 11.1 Å². The lowest BCUT2D eigenvalue weighted by Crippen LogP contribution is -2.36. The number of carbonyl (C=O) groups excluding carboxylic acids is 1. The van der Waals surface area contributed by atoms with Gasteiger partial charge in [-0.1, -0.05) is 30.3 Å². The first-order valence-electron chi connectivity index (χ1n) is 10.1. The number of hydrogen-bond donors (Lipinski definition) is 2. The van der Waals surface area contributed by atoms with Crippen LogP contribution in [0.3, 0.4) is 0 Å². The third-order valence-electron chi connectivity index (χ3n) is 5.77. The van der Waals surface area contributed by atoms with Gasteiger partial charge in [0.15, 0.2) is 0 Å². The lowest BCUT2D eigenvalue weighted by molar-refractivity contribution is 0.0600. The third-order valence-corrected chi connectivity index (χ3v) is 7.85. The Hall–Kier alpha value is -2.91. The molecule has 0 amide bonds. The number of likely N-dealkylation sites (N-methyl/N-ethyl adjacent to an activating group) is 1. The fraction of sp³-hybridized carbons (Fsp3) is 0.208. The molecular formula is C24H25FN2O4S. The number of ether oxygens (including phenoxy) is 1. The fourth-order valence-electron chi connectivity index (χ4n) is 3.86. The predicted molar refractivity (Wildman–Crippen MR) is 125 cm³/mol. The van der Waals surface area contributed by atoms with Gasteiger partial charge >= 0.3 is 5.97 Å². The van der Waals surface area contributed by atoms with Crippen LogP contribution in [0.2, 0.25) is 0 Å². The third kappa shape index (κ3) is 3.86. The van der Waals surface area contributed by atoms with E-state index < -0.39 is 22.6 Å². The summed E-state index contributed by atoms with van der Waals surface area (Å²) < 4.78 is 44.1. The number of carbonyl (C=O) groups is 1. The van der Waals surface area contributed by atoms with E-state index in [0.717, 1.165) is 5.69 Å². The molecule has 32 heavy (non-hydrogen) atoms. The molecule has 1 unspecified atom stereocenters. The maximum Gasteiger partial charge on any atom is 0.337 e. The predicted octanol–water partition coefficient (Wildman–Crippen LogP) is 5.78. The molecule has 1 atom stereocenters. The summed E-state index contributed by atoms with van der Waals surface area (Å²) in [6.45, 7) is 2.34. The Morgan fingerprint density at radius 2 is 1.81 bits per heavy atom. The topological polar surface area (TPSA) is 73.2 Å². The highest BCUT2D eigenvalue weighted by Gasteiger charge is 2.36. The second kappa shape index (κ2) is 8.55. The highest BCUT2D eigenvalue weighted by atomic mass is 32.3. The van der Waals surface area contributed by atoms with Crippen molar-refractivity contribution in [1.82, 2.24) is 4.31 Å². The number of benzene rings is 3. The lowest BCUT2D eigenvalue weighted by atomic mass is 10.0. The van der Waals surface area contributed by atoms with Gasteiger partial charge in [-0.15, -0.1) is 10.8 Å². The summed E-state index contributed by atoms with van der Waals surface area (Å²) in [6.07, 6.45) is 0. The van der Waals surface area contributed by atoms with Crippen molar-refractivity contribution in [1.29, 1.82) is 0 Å². The number of anilines is 2. The molecule has 0 fully saturated rings. The monoisotopic (exact) mass is 456 g/mol. The molecule has 168 valence electrons. The number of hydrogen-bond acceptors (Lipinski definition) is 6. The normalized spacial score (nSPS) is 19.1. The minimum absolute atomic E-state index is 0.172. The average Bonchev–Trinajstić information content (AvgIpc) is 2.87. The van der Waals surface area contributed by atoms with Gasteiger partial charge < -0.3 is 9.64 Å². The zero-order chi connectivity index (χ0) is 23.0. The van der Waals surface area contributed by atoms with Gasteiger partial charge in [-0.2, -0.15) is 0 Å². The van der Waals surface area contributed by atoms with E-state index in [0.29, 0.717) is 17.8 Å². The van der Waals surface area contributed by atoms with Gasteiger partial charge in [-0.25, -0.2) is 13.5 Å². The Morgan fingerprint density at radius 3 is 2.50 bits per heavy atom. The van der Waals surface area contributed by atoms with E-state index in [2.05, 4.69) is 0 Å². The van der Waals surface area contributed by atoms with Crippen molar-refractivity contribution in [2.24, 2.45) is 0 Å². The summed E-state index contributed by atoms with van der Waals surface area (Å²) in [5, 5.41) is 0. The summed E-state index contributed by atoms with van der Waals surface area (Å²) in [7, 11) is -0.460. The van der Waals surface area contributed by atoms with Gasteiger partial charge in [-0.3, -0.25) is 9.11 Å². The molecule has 1 heterocycles. The molecular weight excluding hydrogens is 431 g/mol. The van der Waals surface area contributed by atoms with E-state index in [1.165, 1.54) is 29.6 Å². The molecule has 4 rings (SSSR count). The number of rotatable bonds is 3. The summed E-state index contributed by atoms with van der Waals surface area (Å²) in [5.41, 5.74) is 2.12. The highest BCUT2D eigenvalue weighted by Crippen LogP contribution is 2.58. The zero-order valence-electron chi connectivity index (χ0n) is 18.0. The zero-order valence-corrected chi connectivity index (χ0v) is 18.8. The van der Waals surface area contributed by atoms with Gasteiger partial charge in [0.25, 0.3) is 0 Å². The molecule has 0 saturated carbocycles. The molecule has 0 saturated heterocycles. The van der Waals surface area contributed by atoms with Crippen LogP contribution in [0.5, 0.6) is 0 Å². The minimum Gasteiger partial charge on any atom is -0.465 e. The Labute approximate surface area is 188 Å². The maximum atomic E-state index is 15.4. The number of methoxy groups -OCH3 is 1. The summed E-state index contributed by atoms with van der Waals surface area (Å²) in [6, 6.07) is 18.5. The first-order chi connectivity index (χ1) is 15.2. The highest BCUT2D eigenvalue weighted by molar-refractivity contribution is 8.22. The molecule has 8 heteroatoms. The minimum atomic E-state index is -3.39. The smallest absolute Gasteiger partial charge is 0.337 e. The first kappa shape index (κ1) is 22.3. The van der Waals surface area contributed by atoms with Crippen molar-refractivity contribution < 1.29 is 23.0 Å². The van der Waals surface area contributed by atoms with E-state index in [-0.39, 0.29) is 22.1 Å². The maximum absolute atomic E-state index is 15.4. The SMILES string of the molecule is COC(=O)c1cccc(-c2cc3c(cc2F)N(c2ccccc2)CC(C)N(C)S3(O)O)c1. The fourth-order valence-corrected chi connectivity index (χ4v) is 5.47. The van der Waals surface area contributed by atoms with E-state index >= 15 is 4.39 Å². The molecule has 2 N–H and O–H groups in total. The first-order valence-corrected chi connectivity index (χ1v) is 11.6. The average molecular weight is 457 g/mol. The second-order valence-electron chi connectivity index (χ2n) is 7.73. The molecule has 0 aliphatic carbocycles. The number of para-hydroxylation sites is 1. The van der Waals surface area contributed by atoms with Gasteiger partial charge in [0.05, 0.1) is 23.3 Å². The number of esters is 1. The van der Waals surface area contributed by atoms with Crippen LogP contribution in [0.15, 0.2) is 71.6 Å². The molecule has 0 spiro atoms. The number of halogens is 1. The Morgan fingerprint density at radius 1 is 1.09 bits per heavy atom. The standard InChI is InChI=1S/C24H25FN2O4S/c1-16-15-27(19-10-5-4-6-11-19)22-14-21(25)20(13-23(22)32(29,30)26(16)2)17-8-7-9-18(12-17)24(28)31-3/h4-14,16,29-30H,15H2,1-3H3. The summed E-state index contributed by atoms with van der Waals surface area (Å²) >= 11 is 0. The molecule has 1 aliphatic rings. The van der Waals surface area contributed by atoms with E-state index in [1.807, 2.05) is 42.2 Å². The Balaban J connectivity index is 1.93. The molecule has 3 aromatic rings. The molecule has 3 aromatic carbocycles. The van der Waals surface area contributed by atoms with E-state index in [4.69, 9.17) is 4.74 Å². The van der Waals surface area contributed by atoms with Crippen molar-refractivity contribution in [2.45, 2.75) is 17.9 Å². The van der Waals surface area contributed by atoms with Crippen LogP contribution in [-0.4, -0.2) is 46.1 Å². The number of nitrogens with zero attached hydrogens (tertiary/aromatic N) is 2. The van der Waals surface area contributed by atoms with Gasteiger partial charge in [-0.05, 0) is 42.8 Å². The van der Waals surface area contributed by atoms with Gasteiger partial charge in [0, 0.05) is 37.0 Å². The van der Waals surface area contributed by atoms with Crippen LogP contribution < -0.4 is 4.90 Å². The molecule has 0 bridgehead atoms. The molecule has 0 radical (unpaired) electrons. The van der Waals surface area contributed by atoms with Crippen molar-refractivity contribution >= 4 is 28.1 Å². The quantitative estimate of drug-likeness (QED) is 0.487.